The predicted molar refractivity (Wildman–Crippen MR) is 73.6 cm³/mol. The lowest BCUT2D eigenvalue weighted by Crippen LogP contribution is -2.33. The molecule has 2 rings (SSSR count). The van der Waals surface area contributed by atoms with Gasteiger partial charge in [-0.3, -0.25) is 0 Å². The first-order valence-corrected chi connectivity index (χ1v) is 7.29. The lowest BCUT2D eigenvalue weighted by atomic mass is 10.0. The van der Waals surface area contributed by atoms with Crippen molar-refractivity contribution in [2.75, 3.05) is 5.75 Å². The highest BCUT2D eigenvalue weighted by Crippen LogP contribution is 2.31. The van der Waals surface area contributed by atoms with Crippen molar-refractivity contribution in [3.63, 3.8) is 0 Å². The summed E-state index contributed by atoms with van der Waals surface area (Å²) in [5.41, 5.74) is 7.27. The van der Waals surface area contributed by atoms with Gasteiger partial charge < -0.3 is 5.73 Å². The van der Waals surface area contributed by atoms with Crippen molar-refractivity contribution in [3.05, 3.63) is 33.8 Å². The van der Waals surface area contributed by atoms with Crippen LogP contribution in [0.3, 0.4) is 0 Å². The second-order valence-corrected chi connectivity index (χ2v) is 6.26. The van der Waals surface area contributed by atoms with E-state index in [1.165, 1.54) is 18.6 Å². The summed E-state index contributed by atoms with van der Waals surface area (Å²) in [6, 6.07) is 5.93. The first-order chi connectivity index (χ1) is 7.68. The molecule has 1 aromatic carbocycles. The number of hydrogen-bond donors (Lipinski definition) is 1. The monoisotopic (exact) mass is 275 g/mol. The fourth-order valence-corrected chi connectivity index (χ4v) is 3.74. The van der Waals surface area contributed by atoms with Crippen LogP contribution < -0.4 is 5.73 Å². The van der Waals surface area contributed by atoms with Gasteiger partial charge in [0, 0.05) is 11.3 Å². The van der Waals surface area contributed by atoms with E-state index in [1.54, 1.807) is 0 Å². The summed E-state index contributed by atoms with van der Waals surface area (Å²) < 4.78 is 0. The number of rotatable bonds is 3. The molecule has 0 aliphatic carbocycles. The van der Waals surface area contributed by atoms with Crippen LogP contribution >= 0.6 is 35.0 Å². The van der Waals surface area contributed by atoms with E-state index < -0.39 is 0 Å². The third-order valence-corrected chi connectivity index (χ3v) is 5.33. The van der Waals surface area contributed by atoms with Gasteiger partial charge in [-0.2, -0.15) is 11.8 Å². The average molecular weight is 276 g/mol. The maximum atomic E-state index is 6.21. The van der Waals surface area contributed by atoms with Gasteiger partial charge in [-0.05, 0) is 36.6 Å². The Bertz CT molecular complexity index is 364. The summed E-state index contributed by atoms with van der Waals surface area (Å²) in [5, 5.41) is 1.85. The van der Waals surface area contributed by atoms with Gasteiger partial charge in [-0.25, -0.2) is 0 Å². The summed E-state index contributed by atoms with van der Waals surface area (Å²) >= 11 is 14.1. The Hall–Kier alpha value is 0.110. The van der Waals surface area contributed by atoms with Crippen LogP contribution in [0.25, 0.3) is 0 Å². The SMILES string of the molecule is NC(Cc1cccc(Cl)c1Cl)C1CCCS1. The van der Waals surface area contributed by atoms with Gasteiger partial charge >= 0.3 is 0 Å². The van der Waals surface area contributed by atoms with Crippen molar-refractivity contribution in [3.8, 4) is 0 Å². The van der Waals surface area contributed by atoms with Crippen LogP contribution in [-0.2, 0) is 6.42 Å². The summed E-state index contributed by atoms with van der Waals surface area (Å²) in [5.74, 6) is 1.24. The van der Waals surface area contributed by atoms with Gasteiger partial charge in [0.15, 0.2) is 0 Å². The number of benzene rings is 1. The largest absolute Gasteiger partial charge is 0.326 e. The van der Waals surface area contributed by atoms with E-state index in [2.05, 4.69) is 0 Å². The molecule has 0 radical (unpaired) electrons. The summed E-state index contributed by atoms with van der Waals surface area (Å²) in [4.78, 5) is 0. The van der Waals surface area contributed by atoms with Crippen LogP contribution in [0, 0.1) is 0 Å². The number of hydrogen-bond acceptors (Lipinski definition) is 2. The fourth-order valence-electron chi connectivity index (χ4n) is 2.03. The first-order valence-electron chi connectivity index (χ1n) is 5.48. The molecule has 1 aromatic rings. The number of nitrogens with two attached hydrogens (primary N) is 1. The minimum absolute atomic E-state index is 0.184. The smallest absolute Gasteiger partial charge is 0.0624 e. The molecule has 1 saturated heterocycles. The zero-order valence-corrected chi connectivity index (χ0v) is 11.3. The molecular weight excluding hydrogens is 261 g/mol. The lowest BCUT2D eigenvalue weighted by Gasteiger charge is -2.18. The standard InChI is InChI=1S/C12H15Cl2NS/c13-9-4-1-3-8(12(9)14)7-10(15)11-5-2-6-16-11/h1,3-4,10-11H,2,5-7,15H2. The van der Waals surface area contributed by atoms with Gasteiger partial charge in [0.1, 0.15) is 0 Å². The highest BCUT2D eigenvalue weighted by atomic mass is 35.5. The predicted octanol–water partition coefficient (Wildman–Crippen LogP) is 3.76. The van der Waals surface area contributed by atoms with Gasteiger partial charge in [-0.1, -0.05) is 35.3 Å². The second kappa shape index (κ2) is 5.63. The molecule has 4 heteroatoms. The molecule has 16 heavy (non-hydrogen) atoms. The molecule has 1 heterocycles. The normalized spacial score (nSPS) is 22.3. The van der Waals surface area contributed by atoms with E-state index in [0.717, 1.165) is 12.0 Å². The molecule has 2 N–H and O–H groups in total. The Balaban J connectivity index is 2.05. The van der Waals surface area contributed by atoms with Gasteiger partial charge in [0.2, 0.25) is 0 Å². The minimum Gasteiger partial charge on any atom is -0.326 e. The van der Waals surface area contributed by atoms with Crippen molar-refractivity contribution in [2.24, 2.45) is 5.73 Å². The maximum absolute atomic E-state index is 6.21. The topological polar surface area (TPSA) is 26.0 Å². The molecule has 1 fully saturated rings. The zero-order chi connectivity index (χ0) is 11.5. The second-order valence-electron chi connectivity index (χ2n) is 4.13. The number of halogens is 2. The molecule has 0 saturated carbocycles. The van der Waals surface area contributed by atoms with Gasteiger partial charge in [-0.15, -0.1) is 0 Å². The molecule has 2 unspecified atom stereocenters. The Morgan fingerprint density at radius 3 is 2.94 bits per heavy atom. The van der Waals surface area contributed by atoms with E-state index in [1.807, 2.05) is 30.0 Å². The van der Waals surface area contributed by atoms with Crippen LogP contribution in [-0.4, -0.2) is 17.0 Å². The van der Waals surface area contributed by atoms with Crippen LogP contribution in [0.4, 0.5) is 0 Å². The highest BCUT2D eigenvalue weighted by Gasteiger charge is 2.23. The van der Waals surface area contributed by atoms with Crippen molar-refractivity contribution >= 4 is 35.0 Å². The molecule has 1 nitrogen and oxygen atoms in total. The summed E-state index contributed by atoms with van der Waals surface area (Å²) in [7, 11) is 0. The Morgan fingerprint density at radius 2 is 2.25 bits per heavy atom. The molecule has 0 aromatic heterocycles. The van der Waals surface area contributed by atoms with Crippen LogP contribution in [0.5, 0.6) is 0 Å². The summed E-state index contributed by atoms with van der Waals surface area (Å²) in [6.45, 7) is 0. The molecule has 1 aliphatic rings. The van der Waals surface area contributed by atoms with E-state index in [0.29, 0.717) is 15.3 Å². The average Bonchev–Trinajstić information content (AvgIpc) is 2.78. The maximum Gasteiger partial charge on any atom is 0.0624 e. The van der Waals surface area contributed by atoms with E-state index in [4.69, 9.17) is 28.9 Å². The molecular formula is C12H15Cl2NS. The zero-order valence-electron chi connectivity index (χ0n) is 8.96. The van der Waals surface area contributed by atoms with E-state index in [-0.39, 0.29) is 6.04 Å². The molecule has 1 aliphatic heterocycles. The van der Waals surface area contributed by atoms with Crippen molar-refractivity contribution < 1.29 is 0 Å². The molecule has 88 valence electrons. The highest BCUT2D eigenvalue weighted by molar-refractivity contribution is 8.00. The van der Waals surface area contributed by atoms with E-state index >= 15 is 0 Å². The quantitative estimate of drug-likeness (QED) is 0.909. The molecule has 2 atom stereocenters. The Morgan fingerprint density at radius 1 is 1.44 bits per heavy atom. The summed E-state index contributed by atoms with van der Waals surface area (Å²) in [6.07, 6.45) is 3.33. The fraction of sp³-hybridized carbons (Fsp3) is 0.500. The van der Waals surface area contributed by atoms with Crippen LogP contribution in [0.15, 0.2) is 18.2 Å². The third-order valence-electron chi connectivity index (χ3n) is 2.93. The Labute approximate surface area is 111 Å². The lowest BCUT2D eigenvalue weighted by molar-refractivity contribution is 0.609. The van der Waals surface area contributed by atoms with Crippen LogP contribution in [0.2, 0.25) is 10.0 Å². The first kappa shape index (κ1) is 12.6. The van der Waals surface area contributed by atoms with Crippen molar-refractivity contribution in [2.45, 2.75) is 30.6 Å². The van der Waals surface area contributed by atoms with Gasteiger partial charge in [0.25, 0.3) is 0 Å². The van der Waals surface area contributed by atoms with Gasteiger partial charge in [0.05, 0.1) is 10.0 Å². The van der Waals surface area contributed by atoms with Crippen LogP contribution in [0.1, 0.15) is 18.4 Å². The van der Waals surface area contributed by atoms with Crippen molar-refractivity contribution in [1.29, 1.82) is 0 Å². The third kappa shape index (κ3) is 2.86. The van der Waals surface area contributed by atoms with Crippen molar-refractivity contribution in [1.82, 2.24) is 0 Å². The van der Waals surface area contributed by atoms with E-state index in [9.17, 15) is 0 Å². The Kier molecular flexibility index (Phi) is 4.42. The molecule has 0 bridgehead atoms. The molecule has 0 amide bonds. The number of thioether (sulfide) groups is 1. The molecule has 0 spiro atoms. The minimum atomic E-state index is 0.184.